The molecule has 7 heteroatoms. The van der Waals surface area contributed by atoms with E-state index in [1.807, 2.05) is 0 Å². The summed E-state index contributed by atoms with van der Waals surface area (Å²) in [5.41, 5.74) is 4.64. The first-order valence-electron chi connectivity index (χ1n) is 6.81. The fourth-order valence-electron chi connectivity index (χ4n) is 1.89. The Balaban J connectivity index is 2.99. The van der Waals surface area contributed by atoms with E-state index >= 15 is 0 Å². The smallest absolute Gasteiger partial charge is 0.418 e. The fraction of sp³-hybridized carbons (Fsp3) is 0.467. The number of primary amides is 1. The molecule has 6 nitrogen and oxygen atoms in total. The summed E-state index contributed by atoms with van der Waals surface area (Å²) in [6, 6.07) is 3.83. The van der Waals surface area contributed by atoms with Gasteiger partial charge < -0.3 is 15.6 Å². The molecule has 1 aromatic rings. The molecule has 122 valence electrons. The van der Waals surface area contributed by atoms with Crippen LogP contribution in [0.4, 0.5) is 14.0 Å². The molecule has 0 aliphatic rings. The van der Waals surface area contributed by atoms with Crippen molar-refractivity contribution in [3.8, 4) is 0 Å². The standard InChI is InChI=1S/C15H21FN2O4/c1-15(2,3)22-14(21)18(13(17)20)11(9-19)8-10-6-4-5-7-12(10)16/h4-7,11,19H,8-9H2,1-3H3,(H2,17,20)/t11-/m0/s1. The van der Waals surface area contributed by atoms with Crippen molar-refractivity contribution in [1.82, 2.24) is 4.90 Å². The third kappa shape index (κ3) is 5.00. The number of imide groups is 1. The number of rotatable bonds is 4. The first-order chi connectivity index (χ1) is 10.2. The molecule has 1 aromatic carbocycles. The maximum Gasteiger partial charge on any atom is 0.418 e. The predicted octanol–water partition coefficient (Wildman–Crippen LogP) is 2.04. The number of ether oxygens (including phenoxy) is 1. The van der Waals surface area contributed by atoms with E-state index in [1.165, 1.54) is 18.2 Å². The van der Waals surface area contributed by atoms with Gasteiger partial charge in [-0.15, -0.1) is 0 Å². The van der Waals surface area contributed by atoms with E-state index < -0.39 is 36.2 Å². The van der Waals surface area contributed by atoms with E-state index in [-0.39, 0.29) is 12.0 Å². The van der Waals surface area contributed by atoms with Gasteiger partial charge in [-0.1, -0.05) is 18.2 Å². The largest absolute Gasteiger partial charge is 0.443 e. The molecule has 3 N–H and O–H groups in total. The first kappa shape index (κ1) is 17.9. The lowest BCUT2D eigenvalue weighted by molar-refractivity contribution is 0.0207. The minimum Gasteiger partial charge on any atom is -0.443 e. The zero-order chi connectivity index (χ0) is 16.9. The molecule has 3 amide bonds. The Morgan fingerprint density at radius 2 is 1.95 bits per heavy atom. The van der Waals surface area contributed by atoms with Gasteiger partial charge >= 0.3 is 12.1 Å². The molecule has 0 bridgehead atoms. The molecule has 0 aromatic heterocycles. The fourth-order valence-corrected chi connectivity index (χ4v) is 1.89. The second-order valence-corrected chi connectivity index (χ2v) is 5.82. The van der Waals surface area contributed by atoms with E-state index in [9.17, 15) is 19.1 Å². The number of nitrogens with two attached hydrogens (primary N) is 1. The summed E-state index contributed by atoms with van der Waals surface area (Å²) in [6.07, 6.45) is -1.04. The summed E-state index contributed by atoms with van der Waals surface area (Å²) in [7, 11) is 0. The lowest BCUT2D eigenvalue weighted by Crippen LogP contribution is -2.51. The number of benzene rings is 1. The Labute approximate surface area is 128 Å². The van der Waals surface area contributed by atoms with Crippen molar-refractivity contribution < 1.29 is 23.8 Å². The van der Waals surface area contributed by atoms with Crippen LogP contribution < -0.4 is 5.73 Å². The molecule has 0 saturated heterocycles. The number of nitrogens with zero attached hydrogens (tertiary/aromatic N) is 1. The van der Waals surface area contributed by atoms with Crippen LogP contribution >= 0.6 is 0 Å². The molecule has 0 heterocycles. The van der Waals surface area contributed by atoms with Gasteiger partial charge in [0, 0.05) is 0 Å². The lowest BCUT2D eigenvalue weighted by Gasteiger charge is -2.30. The minimum absolute atomic E-state index is 0.0641. The second kappa shape index (κ2) is 7.22. The molecule has 0 aliphatic carbocycles. The van der Waals surface area contributed by atoms with Gasteiger partial charge in [0.1, 0.15) is 11.4 Å². The van der Waals surface area contributed by atoms with Crippen LogP contribution in [-0.4, -0.2) is 40.4 Å². The number of amides is 3. The van der Waals surface area contributed by atoms with Crippen LogP contribution in [0.1, 0.15) is 26.3 Å². The zero-order valence-corrected chi connectivity index (χ0v) is 12.9. The van der Waals surface area contributed by atoms with E-state index in [1.54, 1.807) is 26.8 Å². The molecule has 1 atom stereocenters. The molecule has 0 radical (unpaired) electrons. The van der Waals surface area contributed by atoms with Crippen molar-refractivity contribution in [3.05, 3.63) is 35.6 Å². The maximum absolute atomic E-state index is 13.7. The summed E-state index contributed by atoms with van der Waals surface area (Å²) in [5, 5.41) is 9.47. The molecular weight excluding hydrogens is 291 g/mol. The van der Waals surface area contributed by atoms with Gasteiger partial charge in [-0.3, -0.25) is 0 Å². The average molecular weight is 312 g/mol. The van der Waals surface area contributed by atoms with Crippen LogP contribution in [0.5, 0.6) is 0 Å². The summed E-state index contributed by atoms with van der Waals surface area (Å²) in [5.74, 6) is -0.491. The second-order valence-electron chi connectivity index (χ2n) is 5.82. The molecule has 22 heavy (non-hydrogen) atoms. The number of hydrogen-bond donors (Lipinski definition) is 2. The van der Waals surface area contributed by atoms with E-state index in [0.717, 1.165) is 0 Å². The quantitative estimate of drug-likeness (QED) is 0.890. The Bertz CT molecular complexity index is 543. The zero-order valence-electron chi connectivity index (χ0n) is 12.9. The maximum atomic E-state index is 13.7. The Morgan fingerprint density at radius 3 is 2.41 bits per heavy atom. The Kier molecular flexibility index (Phi) is 5.87. The van der Waals surface area contributed by atoms with Crippen molar-refractivity contribution in [3.63, 3.8) is 0 Å². The summed E-state index contributed by atoms with van der Waals surface area (Å²) < 4.78 is 18.8. The molecule has 1 rings (SSSR count). The third-order valence-electron chi connectivity index (χ3n) is 2.82. The lowest BCUT2D eigenvalue weighted by atomic mass is 10.0. The summed E-state index contributed by atoms with van der Waals surface area (Å²) in [6.45, 7) is 4.34. The number of carbonyl (C=O) groups excluding carboxylic acids is 2. The van der Waals surface area contributed by atoms with Gasteiger partial charge in [0.25, 0.3) is 0 Å². The van der Waals surface area contributed by atoms with E-state index in [0.29, 0.717) is 4.90 Å². The summed E-state index contributed by atoms with van der Waals surface area (Å²) in [4.78, 5) is 24.2. The molecule has 0 spiro atoms. The van der Waals surface area contributed by atoms with Gasteiger partial charge in [0.05, 0.1) is 12.6 Å². The minimum atomic E-state index is -1.07. The van der Waals surface area contributed by atoms with E-state index in [2.05, 4.69) is 0 Å². The third-order valence-corrected chi connectivity index (χ3v) is 2.82. The summed E-state index contributed by atoms with van der Waals surface area (Å²) >= 11 is 0. The van der Waals surface area contributed by atoms with E-state index in [4.69, 9.17) is 10.5 Å². The SMILES string of the molecule is CC(C)(C)OC(=O)N(C(N)=O)[C@H](CO)Cc1ccccc1F. The van der Waals surface area contributed by atoms with Crippen LogP contribution in [0.3, 0.4) is 0 Å². The average Bonchev–Trinajstić information content (AvgIpc) is 2.37. The molecule has 0 fully saturated rings. The van der Waals surface area contributed by atoms with Gasteiger partial charge in [-0.2, -0.15) is 0 Å². The number of aliphatic hydroxyl groups is 1. The van der Waals surface area contributed by atoms with Crippen LogP contribution in [0.25, 0.3) is 0 Å². The molecule has 0 unspecified atom stereocenters. The topological polar surface area (TPSA) is 92.9 Å². The van der Waals surface area contributed by atoms with Gasteiger partial charge in [-0.05, 0) is 38.8 Å². The number of aliphatic hydroxyl groups excluding tert-OH is 1. The van der Waals surface area contributed by atoms with Gasteiger partial charge in [0.2, 0.25) is 0 Å². The predicted molar refractivity (Wildman–Crippen MR) is 78.6 cm³/mol. The van der Waals surface area contributed by atoms with Gasteiger partial charge in [-0.25, -0.2) is 18.9 Å². The molecular formula is C15H21FN2O4. The highest BCUT2D eigenvalue weighted by Crippen LogP contribution is 2.16. The first-order valence-corrected chi connectivity index (χ1v) is 6.81. The number of hydrogen-bond acceptors (Lipinski definition) is 4. The van der Waals surface area contributed by atoms with Crippen LogP contribution in [0, 0.1) is 5.82 Å². The number of halogens is 1. The Hall–Kier alpha value is -2.15. The van der Waals surface area contributed by atoms with Crippen LogP contribution in [0.15, 0.2) is 24.3 Å². The normalized spacial score (nSPS) is 12.6. The van der Waals surface area contributed by atoms with Crippen LogP contribution in [0.2, 0.25) is 0 Å². The van der Waals surface area contributed by atoms with Crippen molar-refractivity contribution in [2.24, 2.45) is 5.73 Å². The van der Waals surface area contributed by atoms with Gasteiger partial charge in [0.15, 0.2) is 0 Å². The monoisotopic (exact) mass is 312 g/mol. The van der Waals surface area contributed by atoms with Crippen molar-refractivity contribution in [2.45, 2.75) is 38.8 Å². The number of carbonyl (C=O) groups is 2. The highest BCUT2D eigenvalue weighted by Gasteiger charge is 2.32. The number of urea groups is 1. The van der Waals surface area contributed by atoms with Crippen LogP contribution in [-0.2, 0) is 11.2 Å². The van der Waals surface area contributed by atoms with Crippen molar-refractivity contribution >= 4 is 12.1 Å². The van der Waals surface area contributed by atoms with Crippen molar-refractivity contribution in [2.75, 3.05) is 6.61 Å². The Morgan fingerprint density at radius 1 is 1.36 bits per heavy atom. The molecule has 0 aliphatic heterocycles. The van der Waals surface area contributed by atoms with Crippen molar-refractivity contribution in [1.29, 1.82) is 0 Å². The molecule has 0 saturated carbocycles. The highest BCUT2D eigenvalue weighted by molar-refractivity contribution is 5.90. The highest BCUT2D eigenvalue weighted by atomic mass is 19.1.